The molecule has 2 rings (SSSR count). The van der Waals surface area contributed by atoms with Crippen molar-refractivity contribution in [2.75, 3.05) is 13.2 Å². The molecule has 0 radical (unpaired) electrons. The van der Waals surface area contributed by atoms with Crippen LogP contribution in [0.25, 0.3) is 0 Å². The lowest BCUT2D eigenvalue weighted by atomic mass is 9.91. The minimum absolute atomic E-state index is 0.272. The van der Waals surface area contributed by atoms with Crippen molar-refractivity contribution in [2.24, 2.45) is 5.92 Å². The Morgan fingerprint density at radius 1 is 1.44 bits per heavy atom. The third-order valence-electron chi connectivity index (χ3n) is 4.04. The van der Waals surface area contributed by atoms with Gasteiger partial charge in [0, 0.05) is 17.1 Å². The largest absolute Gasteiger partial charge is 0.395 e. The average molecular weight is 312 g/mol. The Balaban J connectivity index is 2.09. The summed E-state index contributed by atoms with van der Waals surface area (Å²) in [5, 5.41) is 9.56. The molecule has 2 atom stereocenters. The molecule has 0 bridgehead atoms. The maximum atomic E-state index is 9.56. The van der Waals surface area contributed by atoms with Crippen LogP contribution in [0.1, 0.15) is 30.9 Å². The number of hydrogen-bond acceptors (Lipinski definition) is 2. The second-order valence-electron chi connectivity index (χ2n) is 5.42. The molecule has 1 aromatic carbocycles. The Hall–Kier alpha value is -0.380. The molecule has 1 fully saturated rings. The number of rotatable bonds is 3. The van der Waals surface area contributed by atoms with Gasteiger partial charge in [-0.3, -0.25) is 4.90 Å². The van der Waals surface area contributed by atoms with Crippen molar-refractivity contribution < 1.29 is 5.11 Å². The van der Waals surface area contributed by atoms with Gasteiger partial charge in [0.2, 0.25) is 0 Å². The highest BCUT2D eigenvalue weighted by Crippen LogP contribution is 2.26. The fourth-order valence-electron chi connectivity index (χ4n) is 2.80. The van der Waals surface area contributed by atoms with E-state index in [0.29, 0.717) is 12.0 Å². The molecule has 0 amide bonds. The Morgan fingerprint density at radius 3 is 2.89 bits per heavy atom. The zero-order chi connectivity index (χ0) is 13.1. The fourth-order valence-corrected chi connectivity index (χ4v) is 3.22. The van der Waals surface area contributed by atoms with Crippen LogP contribution >= 0.6 is 15.9 Å². The number of piperidine rings is 1. The molecule has 1 saturated heterocycles. The van der Waals surface area contributed by atoms with Crippen molar-refractivity contribution in [3.05, 3.63) is 33.8 Å². The van der Waals surface area contributed by atoms with E-state index in [0.717, 1.165) is 13.1 Å². The van der Waals surface area contributed by atoms with Gasteiger partial charge in [-0.2, -0.15) is 0 Å². The van der Waals surface area contributed by atoms with Gasteiger partial charge in [0.15, 0.2) is 0 Å². The number of halogens is 1. The van der Waals surface area contributed by atoms with Crippen molar-refractivity contribution in [1.29, 1.82) is 0 Å². The summed E-state index contributed by atoms with van der Waals surface area (Å²) in [6.45, 7) is 6.66. The molecule has 100 valence electrons. The van der Waals surface area contributed by atoms with Gasteiger partial charge >= 0.3 is 0 Å². The number of benzene rings is 1. The van der Waals surface area contributed by atoms with Crippen LogP contribution in [0.15, 0.2) is 22.7 Å². The van der Waals surface area contributed by atoms with Crippen molar-refractivity contribution in [3.63, 3.8) is 0 Å². The van der Waals surface area contributed by atoms with E-state index in [1.807, 2.05) is 0 Å². The molecular weight excluding hydrogens is 290 g/mol. The molecule has 1 aliphatic heterocycles. The summed E-state index contributed by atoms with van der Waals surface area (Å²) in [6.07, 6.45) is 2.48. The highest BCUT2D eigenvalue weighted by Gasteiger charge is 2.27. The Kier molecular flexibility index (Phi) is 4.82. The second kappa shape index (κ2) is 6.18. The van der Waals surface area contributed by atoms with Crippen LogP contribution in [0.3, 0.4) is 0 Å². The molecule has 3 heteroatoms. The van der Waals surface area contributed by atoms with Crippen LogP contribution in [0.5, 0.6) is 0 Å². The first-order valence-electron chi connectivity index (χ1n) is 6.71. The minimum Gasteiger partial charge on any atom is -0.395 e. The minimum atomic E-state index is 0.272. The van der Waals surface area contributed by atoms with E-state index in [1.54, 1.807) is 0 Å². The quantitative estimate of drug-likeness (QED) is 0.925. The van der Waals surface area contributed by atoms with Gasteiger partial charge in [0.1, 0.15) is 0 Å². The molecule has 1 aliphatic rings. The molecule has 2 nitrogen and oxygen atoms in total. The Labute approximate surface area is 118 Å². The first kappa shape index (κ1) is 14.0. The highest BCUT2D eigenvalue weighted by molar-refractivity contribution is 9.10. The number of nitrogens with zero attached hydrogens (tertiary/aromatic N) is 1. The van der Waals surface area contributed by atoms with Crippen LogP contribution in [0.4, 0.5) is 0 Å². The van der Waals surface area contributed by atoms with Crippen LogP contribution in [0, 0.1) is 12.8 Å². The van der Waals surface area contributed by atoms with Crippen molar-refractivity contribution in [2.45, 2.75) is 39.3 Å². The molecule has 1 heterocycles. The maximum absolute atomic E-state index is 9.56. The molecule has 18 heavy (non-hydrogen) atoms. The normalized spacial score (nSPS) is 25.3. The van der Waals surface area contributed by atoms with Crippen LogP contribution in [-0.2, 0) is 6.54 Å². The van der Waals surface area contributed by atoms with Crippen LogP contribution in [-0.4, -0.2) is 29.2 Å². The molecular formula is C15H22BrNO. The van der Waals surface area contributed by atoms with E-state index in [1.165, 1.54) is 28.4 Å². The van der Waals surface area contributed by atoms with Gasteiger partial charge < -0.3 is 5.11 Å². The Bertz CT molecular complexity index is 407. The van der Waals surface area contributed by atoms with Crippen molar-refractivity contribution >= 4 is 15.9 Å². The lowest BCUT2D eigenvalue weighted by Gasteiger charge is -2.39. The van der Waals surface area contributed by atoms with Crippen LogP contribution < -0.4 is 0 Å². The lowest BCUT2D eigenvalue weighted by molar-refractivity contribution is 0.0472. The van der Waals surface area contributed by atoms with E-state index >= 15 is 0 Å². The molecule has 2 unspecified atom stereocenters. The number of aliphatic hydroxyl groups is 1. The number of aliphatic hydroxyl groups excluding tert-OH is 1. The molecule has 1 aromatic rings. The van der Waals surface area contributed by atoms with E-state index in [9.17, 15) is 5.11 Å². The van der Waals surface area contributed by atoms with Crippen molar-refractivity contribution in [1.82, 2.24) is 4.90 Å². The maximum Gasteiger partial charge on any atom is 0.0589 e. The molecule has 0 aromatic heterocycles. The smallest absolute Gasteiger partial charge is 0.0589 e. The number of hydrogen-bond donors (Lipinski definition) is 1. The van der Waals surface area contributed by atoms with Crippen molar-refractivity contribution in [3.8, 4) is 0 Å². The molecule has 0 spiro atoms. The van der Waals surface area contributed by atoms with Gasteiger partial charge in [-0.15, -0.1) is 0 Å². The zero-order valence-electron chi connectivity index (χ0n) is 11.2. The van der Waals surface area contributed by atoms with Gasteiger partial charge in [-0.25, -0.2) is 0 Å². The summed E-state index contributed by atoms with van der Waals surface area (Å²) in [5.41, 5.74) is 2.59. The summed E-state index contributed by atoms with van der Waals surface area (Å²) < 4.78 is 1.17. The van der Waals surface area contributed by atoms with Gasteiger partial charge in [-0.1, -0.05) is 35.0 Å². The fraction of sp³-hybridized carbons (Fsp3) is 0.600. The Morgan fingerprint density at radius 2 is 2.22 bits per heavy atom. The predicted molar refractivity (Wildman–Crippen MR) is 78.6 cm³/mol. The third-order valence-corrected chi connectivity index (χ3v) is 4.89. The van der Waals surface area contributed by atoms with Crippen LogP contribution in [0.2, 0.25) is 0 Å². The number of likely N-dealkylation sites (tertiary alicyclic amines) is 1. The summed E-state index contributed by atoms with van der Waals surface area (Å²) in [6, 6.07) is 6.86. The topological polar surface area (TPSA) is 23.5 Å². The highest BCUT2D eigenvalue weighted by atomic mass is 79.9. The van der Waals surface area contributed by atoms with Gasteiger partial charge in [0.05, 0.1) is 6.61 Å². The summed E-state index contributed by atoms with van der Waals surface area (Å²) in [7, 11) is 0. The van der Waals surface area contributed by atoms with Gasteiger partial charge in [0.25, 0.3) is 0 Å². The second-order valence-corrected chi connectivity index (χ2v) is 6.28. The van der Waals surface area contributed by atoms with Gasteiger partial charge in [-0.05, 0) is 49.4 Å². The number of aryl methyl sites for hydroxylation is 1. The molecule has 0 saturated carbocycles. The van der Waals surface area contributed by atoms with E-state index in [-0.39, 0.29) is 6.61 Å². The van der Waals surface area contributed by atoms with E-state index < -0.39 is 0 Å². The summed E-state index contributed by atoms with van der Waals surface area (Å²) in [4.78, 5) is 2.42. The summed E-state index contributed by atoms with van der Waals surface area (Å²) in [5.74, 6) is 0.595. The SMILES string of the molecule is Cc1ccc(CN2CCCC(C)C2CO)cc1Br. The lowest BCUT2D eigenvalue weighted by Crippen LogP contribution is -2.45. The molecule has 1 N–H and O–H groups in total. The standard InChI is InChI=1S/C15H22BrNO/c1-11-5-6-13(8-14(11)16)9-17-7-3-4-12(2)15(17)10-18/h5-6,8,12,15,18H,3-4,7,9-10H2,1-2H3. The summed E-state index contributed by atoms with van der Waals surface area (Å²) >= 11 is 3.59. The zero-order valence-corrected chi connectivity index (χ0v) is 12.8. The average Bonchev–Trinajstić information content (AvgIpc) is 2.34. The van der Waals surface area contributed by atoms with E-state index in [2.05, 4.69) is 52.9 Å². The third kappa shape index (κ3) is 3.14. The predicted octanol–water partition coefficient (Wildman–Crippen LogP) is 3.35. The van der Waals surface area contributed by atoms with E-state index in [4.69, 9.17) is 0 Å². The first-order chi connectivity index (χ1) is 8.61. The first-order valence-corrected chi connectivity index (χ1v) is 7.51. The molecule has 0 aliphatic carbocycles. The monoisotopic (exact) mass is 311 g/mol.